The van der Waals surface area contributed by atoms with E-state index in [2.05, 4.69) is 5.32 Å². The molecule has 188 valence electrons. The van der Waals surface area contributed by atoms with E-state index in [1.165, 1.54) is 35.9 Å². The summed E-state index contributed by atoms with van der Waals surface area (Å²) >= 11 is 0. The Balaban J connectivity index is 1.53. The number of benzene rings is 3. The number of hydrogen-bond donors (Lipinski definition) is 1. The summed E-state index contributed by atoms with van der Waals surface area (Å²) in [6.45, 7) is 0. The molecule has 1 aliphatic heterocycles. The molecule has 2 aliphatic rings. The first-order chi connectivity index (χ1) is 18.3. The molecular formula is C29H20FN3O5. The van der Waals surface area contributed by atoms with Crippen LogP contribution in [0.5, 0.6) is 5.75 Å². The second-order valence-electron chi connectivity index (χ2n) is 9.13. The third-order valence-electron chi connectivity index (χ3n) is 6.97. The van der Waals surface area contributed by atoms with Crippen molar-refractivity contribution in [1.29, 1.82) is 0 Å². The molecular weight excluding hydrogens is 489 g/mol. The number of ketones is 1. The SMILES string of the molecule is Cn1c2c(c(=O)n(C)c1=O)[C@@H](c1cccc(OC(=O)c3ccccc3F)c1)C1=C(N2)c2ccccc2C1=O. The van der Waals surface area contributed by atoms with Crippen molar-refractivity contribution in [3.05, 3.63) is 133 Å². The molecule has 0 unspecified atom stereocenters. The van der Waals surface area contributed by atoms with Gasteiger partial charge in [0.15, 0.2) is 5.78 Å². The maximum Gasteiger partial charge on any atom is 0.346 e. The standard InChI is InChI=1S/C29H20FN3O5/c1-32-26-23(27(35)33(2)29(32)37)21(22-24(31-26)17-10-3-4-11-18(17)25(22)34)15-8-7-9-16(14-15)38-28(36)19-12-5-6-13-20(19)30/h3-14,21,31H,1-2H3/t21-/m0/s1. The van der Waals surface area contributed by atoms with E-state index in [0.29, 0.717) is 28.0 Å². The van der Waals surface area contributed by atoms with E-state index in [-0.39, 0.29) is 28.5 Å². The highest BCUT2D eigenvalue weighted by Gasteiger charge is 2.42. The molecule has 3 aromatic carbocycles. The number of allylic oxidation sites excluding steroid dienone is 1. The number of halogens is 1. The summed E-state index contributed by atoms with van der Waals surface area (Å²) in [5.41, 5.74) is 1.43. The average Bonchev–Trinajstić information content (AvgIpc) is 3.21. The molecule has 0 fully saturated rings. The number of nitrogens with one attached hydrogen (secondary N) is 1. The molecule has 0 saturated carbocycles. The number of esters is 1. The van der Waals surface area contributed by atoms with Crippen LogP contribution >= 0.6 is 0 Å². The van der Waals surface area contributed by atoms with Gasteiger partial charge in [-0.2, -0.15) is 0 Å². The van der Waals surface area contributed by atoms with Crippen molar-refractivity contribution in [3.63, 3.8) is 0 Å². The first kappa shape index (κ1) is 23.4. The van der Waals surface area contributed by atoms with Crippen LogP contribution in [0.15, 0.2) is 88.0 Å². The normalized spacial score (nSPS) is 15.4. The summed E-state index contributed by atoms with van der Waals surface area (Å²) in [4.78, 5) is 52.5. The van der Waals surface area contributed by atoms with Gasteiger partial charge in [-0.05, 0) is 29.8 Å². The lowest BCUT2D eigenvalue weighted by Gasteiger charge is -2.29. The number of anilines is 1. The van der Waals surface area contributed by atoms with E-state index in [4.69, 9.17) is 4.74 Å². The quantitative estimate of drug-likeness (QED) is 0.335. The van der Waals surface area contributed by atoms with Gasteiger partial charge < -0.3 is 10.1 Å². The molecule has 0 saturated heterocycles. The van der Waals surface area contributed by atoms with Crippen LogP contribution in [-0.4, -0.2) is 20.9 Å². The molecule has 0 radical (unpaired) electrons. The van der Waals surface area contributed by atoms with Gasteiger partial charge in [-0.3, -0.25) is 18.7 Å². The lowest BCUT2D eigenvalue weighted by Crippen LogP contribution is -2.42. The summed E-state index contributed by atoms with van der Waals surface area (Å²) in [6, 6.07) is 19.0. The maximum atomic E-state index is 14.1. The Morgan fingerprint density at radius 1 is 0.895 bits per heavy atom. The predicted molar refractivity (Wildman–Crippen MR) is 138 cm³/mol. The van der Waals surface area contributed by atoms with Crippen molar-refractivity contribution in [2.45, 2.75) is 5.92 Å². The zero-order valence-electron chi connectivity index (χ0n) is 20.3. The highest BCUT2D eigenvalue weighted by molar-refractivity contribution is 6.23. The molecule has 0 amide bonds. The summed E-state index contributed by atoms with van der Waals surface area (Å²) in [6.07, 6.45) is 0. The smallest absolute Gasteiger partial charge is 0.346 e. The highest BCUT2D eigenvalue weighted by Crippen LogP contribution is 2.48. The van der Waals surface area contributed by atoms with Gasteiger partial charge in [0.05, 0.1) is 16.8 Å². The van der Waals surface area contributed by atoms with Crippen molar-refractivity contribution < 1.29 is 18.7 Å². The summed E-state index contributed by atoms with van der Waals surface area (Å²) in [7, 11) is 2.93. The Morgan fingerprint density at radius 3 is 2.37 bits per heavy atom. The molecule has 1 aliphatic carbocycles. The highest BCUT2D eigenvalue weighted by atomic mass is 19.1. The Hall–Kier alpha value is -5.05. The first-order valence-electron chi connectivity index (χ1n) is 11.8. The van der Waals surface area contributed by atoms with Gasteiger partial charge >= 0.3 is 11.7 Å². The second-order valence-corrected chi connectivity index (χ2v) is 9.13. The first-order valence-corrected chi connectivity index (χ1v) is 11.8. The van der Waals surface area contributed by atoms with Gasteiger partial charge in [0, 0.05) is 36.7 Å². The zero-order chi connectivity index (χ0) is 26.7. The molecule has 1 atom stereocenters. The van der Waals surface area contributed by atoms with Crippen molar-refractivity contribution in [2.75, 3.05) is 5.32 Å². The number of Topliss-reactive ketones (excluding diaryl/α,β-unsaturated/α-hetero) is 1. The van der Waals surface area contributed by atoms with Crippen molar-refractivity contribution >= 4 is 23.3 Å². The van der Waals surface area contributed by atoms with Crippen molar-refractivity contribution in [3.8, 4) is 5.75 Å². The van der Waals surface area contributed by atoms with Crippen LogP contribution in [0.4, 0.5) is 10.2 Å². The summed E-state index contributed by atoms with van der Waals surface area (Å²) in [5, 5.41) is 3.18. The fraction of sp³-hybridized carbons (Fsp3) is 0.103. The topological polar surface area (TPSA) is 99.4 Å². The number of nitrogens with zero attached hydrogens (tertiary/aromatic N) is 2. The number of hydrogen-bond acceptors (Lipinski definition) is 6. The van der Waals surface area contributed by atoms with Crippen LogP contribution in [-0.2, 0) is 14.1 Å². The minimum absolute atomic E-state index is 0.114. The number of carbonyl (C=O) groups is 2. The lowest BCUT2D eigenvalue weighted by molar-refractivity contribution is 0.0729. The Kier molecular flexibility index (Phi) is 5.23. The Morgan fingerprint density at radius 2 is 1.61 bits per heavy atom. The molecule has 8 nitrogen and oxygen atoms in total. The van der Waals surface area contributed by atoms with Gasteiger partial charge in [0.2, 0.25) is 0 Å². The van der Waals surface area contributed by atoms with E-state index in [1.807, 2.05) is 0 Å². The van der Waals surface area contributed by atoms with E-state index in [0.717, 1.165) is 10.6 Å². The third kappa shape index (κ3) is 3.36. The van der Waals surface area contributed by atoms with E-state index in [9.17, 15) is 23.6 Å². The number of fused-ring (bicyclic) bond motifs is 3. The average molecular weight is 509 g/mol. The largest absolute Gasteiger partial charge is 0.423 e. The van der Waals surface area contributed by atoms with E-state index < -0.39 is 29.0 Å². The van der Waals surface area contributed by atoms with Crippen LogP contribution in [0.3, 0.4) is 0 Å². The Labute approximate surface area is 215 Å². The predicted octanol–water partition coefficient (Wildman–Crippen LogP) is 3.61. The Bertz CT molecular complexity index is 1850. The van der Waals surface area contributed by atoms with Gasteiger partial charge in [-0.15, -0.1) is 0 Å². The molecule has 0 bridgehead atoms. The minimum atomic E-state index is -0.881. The fourth-order valence-electron chi connectivity index (χ4n) is 5.14. The van der Waals surface area contributed by atoms with Crippen LogP contribution < -0.4 is 21.3 Å². The number of ether oxygens (including phenoxy) is 1. The monoisotopic (exact) mass is 509 g/mol. The molecule has 0 spiro atoms. The summed E-state index contributed by atoms with van der Waals surface area (Å²) < 4.78 is 21.9. The molecule has 1 aromatic heterocycles. The van der Waals surface area contributed by atoms with E-state index >= 15 is 0 Å². The third-order valence-corrected chi connectivity index (χ3v) is 6.97. The number of rotatable bonds is 3. The fourth-order valence-corrected chi connectivity index (χ4v) is 5.14. The molecule has 6 rings (SSSR count). The minimum Gasteiger partial charge on any atom is -0.423 e. The van der Waals surface area contributed by atoms with Crippen molar-refractivity contribution in [1.82, 2.24) is 9.13 Å². The number of carbonyl (C=O) groups excluding carboxylic acids is 2. The van der Waals surface area contributed by atoms with Crippen LogP contribution in [0.1, 0.15) is 43.3 Å². The lowest BCUT2D eigenvalue weighted by atomic mass is 9.81. The van der Waals surface area contributed by atoms with Crippen LogP contribution in [0.2, 0.25) is 0 Å². The number of aromatic nitrogens is 2. The molecule has 38 heavy (non-hydrogen) atoms. The van der Waals surface area contributed by atoms with Gasteiger partial charge in [0.1, 0.15) is 17.4 Å². The molecule has 1 N–H and O–H groups in total. The summed E-state index contributed by atoms with van der Waals surface area (Å²) in [5.74, 6) is -2.31. The maximum absolute atomic E-state index is 14.1. The van der Waals surface area contributed by atoms with Gasteiger partial charge in [-0.25, -0.2) is 14.0 Å². The van der Waals surface area contributed by atoms with Crippen LogP contribution in [0, 0.1) is 5.82 Å². The van der Waals surface area contributed by atoms with Crippen molar-refractivity contribution in [2.24, 2.45) is 14.1 Å². The van der Waals surface area contributed by atoms with Gasteiger partial charge in [0.25, 0.3) is 5.56 Å². The second kappa shape index (κ2) is 8.52. The molecule has 9 heteroatoms. The van der Waals surface area contributed by atoms with Crippen LogP contribution in [0.25, 0.3) is 5.70 Å². The van der Waals surface area contributed by atoms with E-state index in [1.54, 1.807) is 49.5 Å². The molecule has 2 heterocycles. The van der Waals surface area contributed by atoms with Gasteiger partial charge in [-0.1, -0.05) is 48.5 Å². The zero-order valence-corrected chi connectivity index (χ0v) is 20.3. The molecule has 4 aromatic rings.